The normalized spacial score (nSPS) is 17.6. The van der Waals surface area contributed by atoms with Crippen molar-refractivity contribution in [3.63, 3.8) is 0 Å². The molecular formula is C24H27NO6. The highest BCUT2D eigenvalue weighted by atomic mass is 16.6. The average Bonchev–Trinajstić information content (AvgIpc) is 3.16. The highest BCUT2D eigenvalue weighted by Crippen LogP contribution is 2.35. The van der Waals surface area contributed by atoms with Crippen molar-refractivity contribution in [3.05, 3.63) is 72.3 Å². The van der Waals surface area contributed by atoms with Crippen molar-refractivity contribution >= 4 is 12.0 Å². The number of benzene rings is 2. The highest BCUT2D eigenvalue weighted by molar-refractivity contribution is 5.95. The van der Waals surface area contributed by atoms with E-state index in [-0.39, 0.29) is 13.0 Å². The Morgan fingerprint density at radius 3 is 2.58 bits per heavy atom. The predicted molar refractivity (Wildman–Crippen MR) is 115 cm³/mol. The Morgan fingerprint density at radius 2 is 1.94 bits per heavy atom. The molecule has 0 unspecified atom stereocenters. The van der Waals surface area contributed by atoms with E-state index in [9.17, 15) is 14.7 Å². The van der Waals surface area contributed by atoms with Gasteiger partial charge in [0.2, 0.25) is 5.91 Å². The molecule has 1 aliphatic rings. The van der Waals surface area contributed by atoms with Gasteiger partial charge >= 0.3 is 6.09 Å². The van der Waals surface area contributed by atoms with Crippen molar-refractivity contribution in [1.29, 1.82) is 0 Å². The van der Waals surface area contributed by atoms with E-state index in [2.05, 4.69) is 6.58 Å². The molecule has 1 N–H and O–H groups in total. The van der Waals surface area contributed by atoms with Gasteiger partial charge in [0.05, 0.1) is 32.3 Å². The Labute approximate surface area is 181 Å². The lowest BCUT2D eigenvalue weighted by molar-refractivity contribution is -0.137. The number of methoxy groups -OCH3 is 2. The summed E-state index contributed by atoms with van der Waals surface area (Å²) < 4.78 is 15.7. The third-order valence-electron chi connectivity index (χ3n) is 5.38. The molecule has 0 bridgehead atoms. The monoisotopic (exact) mass is 425 g/mol. The van der Waals surface area contributed by atoms with Crippen LogP contribution in [0.15, 0.2) is 61.2 Å². The topological polar surface area (TPSA) is 85.3 Å². The zero-order valence-corrected chi connectivity index (χ0v) is 17.7. The number of aliphatic hydroxyl groups excluding tert-OH is 1. The van der Waals surface area contributed by atoms with Crippen LogP contribution in [0.4, 0.5) is 4.79 Å². The molecule has 1 aliphatic heterocycles. The SMILES string of the molecule is C=CC[C@@H](C(=O)N1C(=O)OC[C@H]1Cc1ccccc1)[C@@H](O)c1ccc(OC)c(OC)c1. The van der Waals surface area contributed by atoms with Crippen LogP contribution in [0.5, 0.6) is 11.5 Å². The van der Waals surface area contributed by atoms with E-state index in [0.29, 0.717) is 23.5 Å². The summed E-state index contributed by atoms with van der Waals surface area (Å²) >= 11 is 0. The lowest BCUT2D eigenvalue weighted by Gasteiger charge is -2.28. The summed E-state index contributed by atoms with van der Waals surface area (Å²) in [5.74, 6) is -0.451. The molecular weight excluding hydrogens is 398 g/mol. The molecule has 2 amide bonds. The van der Waals surface area contributed by atoms with Gasteiger partial charge in [0.1, 0.15) is 6.61 Å². The quantitative estimate of drug-likeness (QED) is 0.619. The number of carbonyl (C=O) groups excluding carboxylic acids is 2. The summed E-state index contributed by atoms with van der Waals surface area (Å²) in [5, 5.41) is 11.0. The first-order chi connectivity index (χ1) is 15.0. The minimum Gasteiger partial charge on any atom is -0.493 e. The van der Waals surface area contributed by atoms with Crippen LogP contribution in [-0.2, 0) is 16.0 Å². The zero-order chi connectivity index (χ0) is 22.4. The standard InChI is InChI=1S/C24H27NO6/c1-4-8-19(22(26)17-11-12-20(29-2)21(14-17)30-3)23(27)25-18(15-31-24(25)28)13-16-9-6-5-7-10-16/h4-7,9-12,14,18-19,22,26H,1,8,13,15H2,2-3H3/t18-,19-,22+/m1/s1. The molecule has 0 aromatic heterocycles. The minimum absolute atomic E-state index is 0.118. The number of rotatable bonds is 9. The lowest BCUT2D eigenvalue weighted by atomic mass is 9.90. The molecule has 1 fully saturated rings. The zero-order valence-electron chi connectivity index (χ0n) is 17.7. The van der Waals surface area contributed by atoms with Gasteiger partial charge in [-0.25, -0.2) is 9.69 Å². The Balaban J connectivity index is 1.86. The lowest BCUT2D eigenvalue weighted by Crippen LogP contribution is -2.45. The van der Waals surface area contributed by atoms with E-state index < -0.39 is 30.1 Å². The van der Waals surface area contributed by atoms with E-state index in [0.717, 1.165) is 10.5 Å². The fraction of sp³-hybridized carbons (Fsp3) is 0.333. The van der Waals surface area contributed by atoms with E-state index in [1.165, 1.54) is 14.2 Å². The van der Waals surface area contributed by atoms with Crippen LogP contribution in [0, 0.1) is 5.92 Å². The van der Waals surface area contributed by atoms with Gasteiger partial charge in [-0.1, -0.05) is 42.5 Å². The van der Waals surface area contributed by atoms with Crippen LogP contribution in [0.1, 0.15) is 23.7 Å². The van der Waals surface area contributed by atoms with Crippen LogP contribution >= 0.6 is 0 Å². The van der Waals surface area contributed by atoms with Crippen molar-refractivity contribution < 1.29 is 28.9 Å². The minimum atomic E-state index is -1.17. The molecule has 1 saturated heterocycles. The van der Waals surface area contributed by atoms with Crippen LogP contribution in [0.25, 0.3) is 0 Å². The molecule has 31 heavy (non-hydrogen) atoms. The second kappa shape index (κ2) is 10.1. The number of ether oxygens (including phenoxy) is 3. The number of amides is 2. The number of nitrogens with zero attached hydrogens (tertiary/aromatic N) is 1. The first-order valence-electron chi connectivity index (χ1n) is 10.0. The number of carbonyl (C=O) groups is 2. The number of hydrogen-bond donors (Lipinski definition) is 1. The molecule has 2 aromatic rings. The van der Waals surface area contributed by atoms with Gasteiger partial charge in [-0.2, -0.15) is 0 Å². The summed E-state index contributed by atoms with van der Waals surface area (Å²) in [6.45, 7) is 3.83. The van der Waals surface area contributed by atoms with Gasteiger partial charge < -0.3 is 19.3 Å². The molecule has 164 valence electrons. The van der Waals surface area contributed by atoms with Crippen LogP contribution in [0.3, 0.4) is 0 Å². The molecule has 3 rings (SSSR count). The third-order valence-corrected chi connectivity index (χ3v) is 5.38. The van der Waals surface area contributed by atoms with Crippen molar-refractivity contribution in [2.75, 3.05) is 20.8 Å². The van der Waals surface area contributed by atoms with Crippen LogP contribution in [0.2, 0.25) is 0 Å². The van der Waals surface area contributed by atoms with Crippen molar-refractivity contribution in [1.82, 2.24) is 4.90 Å². The molecule has 7 nitrogen and oxygen atoms in total. The van der Waals surface area contributed by atoms with Crippen LogP contribution in [-0.4, -0.2) is 48.9 Å². The molecule has 0 aliphatic carbocycles. The first-order valence-corrected chi connectivity index (χ1v) is 10.0. The average molecular weight is 425 g/mol. The molecule has 0 spiro atoms. The maximum absolute atomic E-state index is 13.4. The summed E-state index contributed by atoms with van der Waals surface area (Å²) in [6, 6.07) is 14.1. The second-order valence-corrected chi connectivity index (χ2v) is 7.32. The van der Waals surface area contributed by atoms with Gasteiger partial charge in [-0.3, -0.25) is 4.79 Å². The van der Waals surface area contributed by atoms with Gasteiger partial charge in [-0.05, 0) is 36.1 Å². The number of hydrogen-bond acceptors (Lipinski definition) is 6. The van der Waals surface area contributed by atoms with Crippen molar-refractivity contribution in [2.24, 2.45) is 5.92 Å². The van der Waals surface area contributed by atoms with E-state index in [1.54, 1.807) is 24.3 Å². The molecule has 0 saturated carbocycles. The Bertz CT molecular complexity index is 929. The van der Waals surface area contributed by atoms with Crippen molar-refractivity contribution in [3.8, 4) is 11.5 Å². The number of aliphatic hydroxyl groups is 1. The first kappa shape index (κ1) is 22.4. The van der Waals surface area contributed by atoms with E-state index in [4.69, 9.17) is 14.2 Å². The summed E-state index contributed by atoms with van der Waals surface area (Å²) in [7, 11) is 3.01. The fourth-order valence-corrected chi connectivity index (χ4v) is 3.76. The number of allylic oxidation sites excluding steroid dienone is 1. The maximum atomic E-state index is 13.4. The van der Waals surface area contributed by atoms with Gasteiger partial charge in [0.15, 0.2) is 11.5 Å². The Hall–Kier alpha value is -3.32. The molecule has 2 aromatic carbocycles. The molecule has 3 atom stereocenters. The Morgan fingerprint density at radius 1 is 1.23 bits per heavy atom. The summed E-state index contributed by atoms with van der Waals surface area (Å²) in [5.41, 5.74) is 1.47. The molecule has 0 radical (unpaired) electrons. The van der Waals surface area contributed by atoms with Gasteiger partial charge in [0.25, 0.3) is 0 Å². The van der Waals surface area contributed by atoms with Gasteiger partial charge in [-0.15, -0.1) is 6.58 Å². The fourth-order valence-electron chi connectivity index (χ4n) is 3.76. The van der Waals surface area contributed by atoms with E-state index >= 15 is 0 Å². The smallest absolute Gasteiger partial charge is 0.416 e. The summed E-state index contributed by atoms with van der Waals surface area (Å²) in [4.78, 5) is 26.9. The van der Waals surface area contributed by atoms with Crippen LogP contribution < -0.4 is 9.47 Å². The predicted octanol–water partition coefficient (Wildman–Crippen LogP) is 3.52. The number of imide groups is 1. The highest BCUT2D eigenvalue weighted by Gasteiger charge is 2.42. The van der Waals surface area contributed by atoms with Crippen molar-refractivity contribution in [2.45, 2.75) is 25.0 Å². The third kappa shape index (κ3) is 4.88. The van der Waals surface area contributed by atoms with Gasteiger partial charge in [0, 0.05) is 0 Å². The largest absolute Gasteiger partial charge is 0.493 e. The second-order valence-electron chi connectivity index (χ2n) is 7.32. The van der Waals surface area contributed by atoms with E-state index in [1.807, 2.05) is 30.3 Å². The molecule has 7 heteroatoms. The Kier molecular flexibility index (Phi) is 7.31. The summed E-state index contributed by atoms with van der Waals surface area (Å²) in [6.07, 6.45) is 0.359. The number of cyclic esters (lactones) is 1. The molecule has 1 heterocycles. The maximum Gasteiger partial charge on any atom is 0.416 e.